The molecule has 8 nitrogen and oxygen atoms in total. The van der Waals surface area contributed by atoms with Crippen LogP contribution in [0.2, 0.25) is 0 Å². The van der Waals surface area contributed by atoms with Crippen LogP contribution in [0.4, 0.5) is 0 Å². The van der Waals surface area contributed by atoms with Gasteiger partial charge in [0.05, 0.1) is 26.9 Å². The maximum Gasteiger partial charge on any atom is 0.251 e. The molecule has 1 atom stereocenters. The van der Waals surface area contributed by atoms with E-state index < -0.39 is 0 Å². The molecule has 1 amide bonds. The number of aliphatic imine (C=N–C) groups is 1. The highest BCUT2D eigenvalue weighted by atomic mass is 127. The van der Waals surface area contributed by atoms with Crippen LogP contribution in [0.3, 0.4) is 0 Å². The second-order valence-corrected chi connectivity index (χ2v) is 7.26. The summed E-state index contributed by atoms with van der Waals surface area (Å²) in [6.07, 6.45) is 1.15. The summed E-state index contributed by atoms with van der Waals surface area (Å²) in [6.45, 7) is 9.62. The number of hydrogen-bond acceptors (Lipinski definition) is 5. The molecule has 2 heterocycles. The number of nitrogens with zero attached hydrogens (tertiary/aromatic N) is 3. The monoisotopic (exact) mass is 531 g/mol. The predicted molar refractivity (Wildman–Crippen MR) is 129 cm³/mol. The van der Waals surface area contributed by atoms with Crippen molar-refractivity contribution in [2.45, 2.75) is 19.4 Å². The Labute approximate surface area is 196 Å². The first-order chi connectivity index (χ1) is 14.2. The molecule has 30 heavy (non-hydrogen) atoms. The smallest absolute Gasteiger partial charge is 0.251 e. The number of carbonyl (C=O) groups excluding carboxylic acids is 1. The van der Waals surface area contributed by atoms with Crippen molar-refractivity contribution in [3.63, 3.8) is 0 Å². The van der Waals surface area contributed by atoms with Crippen molar-refractivity contribution in [3.8, 4) is 5.75 Å². The molecule has 2 fully saturated rings. The van der Waals surface area contributed by atoms with E-state index in [1.807, 2.05) is 12.1 Å². The van der Waals surface area contributed by atoms with Gasteiger partial charge in [-0.2, -0.15) is 0 Å². The number of rotatable bonds is 7. The van der Waals surface area contributed by atoms with Gasteiger partial charge >= 0.3 is 0 Å². The topological polar surface area (TPSA) is 78.4 Å². The minimum absolute atomic E-state index is 0. The summed E-state index contributed by atoms with van der Waals surface area (Å²) in [5.74, 6) is 1.49. The van der Waals surface area contributed by atoms with Gasteiger partial charge in [-0.3, -0.25) is 14.7 Å². The van der Waals surface area contributed by atoms with E-state index in [1.165, 1.54) is 0 Å². The highest BCUT2D eigenvalue weighted by Crippen LogP contribution is 2.17. The molecule has 0 aliphatic carbocycles. The van der Waals surface area contributed by atoms with Crippen molar-refractivity contribution >= 4 is 35.8 Å². The number of nitrogens with one attached hydrogen (secondary N) is 2. The van der Waals surface area contributed by atoms with Gasteiger partial charge in [-0.05, 0) is 31.5 Å². The molecule has 0 radical (unpaired) electrons. The highest BCUT2D eigenvalue weighted by Gasteiger charge is 2.30. The average Bonchev–Trinajstić information content (AvgIpc) is 3.26. The number of ether oxygens (including phenoxy) is 2. The molecule has 0 spiro atoms. The van der Waals surface area contributed by atoms with Crippen LogP contribution in [0.5, 0.6) is 5.75 Å². The molecule has 168 valence electrons. The van der Waals surface area contributed by atoms with E-state index in [9.17, 15) is 4.79 Å². The molecule has 0 bridgehead atoms. The SMILES string of the molecule is CCNC(=NCCNC(=O)c1cccc(OC)c1)N1CCC(N2CCOCC2)C1.I. The lowest BCUT2D eigenvalue weighted by Crippen LogP contribution is -2.46. The van der Waals surface area contributed by atoms with E-state index in [2.05, 4.69) is 27.4 Å². The lowest BCUT2D eigenvalue weighted by atomic mass is 10.2. The van der Waals surface area contributed by atoms with Gasteiger partial charge < -0.3 is 25.0 Å². The van der Waals surface area contributed by atoms with Crippen LogP contribution in [-0.2, 0) is 4.74 Å². The molecule has 3 rings (SSSR count). The minimum atomic E-state index is -0.113. The van der Waals surface area contributed by atoms with Gasteiger partial charge in [-0.25, -0.2) is 0 Å². The third-order valence-corrected chi connectivity index (χ3v) is 5.35. The zero-order chi connectivity index (χ0) is 20.5. The Hall–Kier alpha value is -1.59. The predicted octanol–water partition coefficient (Wildman–Crippen LogP) is 1.41. The highest BCUT2D eigenvalue weighted by molar-refractivity contribution is 14.0. The van der Waals surface area contributed by atoms with Crippen LogP contribution < -0.4 is 15.4 Å². The number of carbonyl (C=O) groups is 1. The number of halogens is 1. The third-order valence-electron chi connectivity index (χ3n) is 5.35. The lowest BCUT2D eigenvalue weighted by molar-refractivity contribution is 0.0195. The van der Waals surface area contributed by atoms with Gasteiger partial charge in [0.25, 0.3) is 5.91 Å². The molecule has 2 aliphatic rings. The van der Waals surface area contributed by atoms with Crippen LogP contribution in [0, 0.1) is 0 Å². The number of hydrogen-bond donors (Lipinski definition) is 2. The first-order valence-electron chi connectivity index (χ1n) is 10.5. The summed E-state index contributed by atoms with van der Waals surface area (Å²) >= 11 is 0. The largest absolute Gasteiger partial charge is 0.497 e. The maximum atomic E-state index is 12.3. The van der Waals surface area contributed by atoms with Crippen LogP contribution in [0.25, 0.3) is 0 Å². The first kappa shape index (κ1) is 24.7. The Bertz CT molecular complexity index is 697. The molecule has 1 aromatic carbocycles. The molecule has 2 N–H and O–H groups in total. The summed E-state index contributed by atoms with van der Waals surface area (Å²) in [4.78, 5) is 21.9. The Kier molecular flexibility index (Phi) is 10.7. The number of guanidine groups is 1. The summed E-state index contributed by atoms with van der Waals surface area (Å²) in [5.41, 5.74) is 0.591. The third kappa shape index (κ3) is 6.98. The number of amides is 1. The zero-order valence-electron chi connectivity index (χ0n) is 17.9. The van der Waals surface area contributed by atoms with Gasteiger partial charge in [0.1, 0.15) is 5.75 Å². The van der Waals surface area contributed by atoms with Crippen molar-refractivity contribution in [1.29, 1.82) is 0 Å². The standard InChI is InChI=1S/C21H33N5O3.HI/c1-3-22-21(26-10-7-18(16-26)25-11-13-29-14-12-25)24-9-8-23-20(27)17-5-4-6-19(15-17)28-2;/h4-6,15,18H,3,7-14,16H2,1-2H3,(H,22,24)(H,23,27);1H. The van der Waals surface area contributed by atoms with Gasteiger partial charge in [-0.15, -0.1) is 24.0 Å². The van der Waals surface area contributed by atoms with Crippen molar-refractivity contribution in [1.82, 2.24) is 20.4 Å². The quantitative estimate of drug-likeness (QED) is 0.240. The van der Waals surface area contributed by atoms with E-state index >= 15 is 0 Å². The van der Waals surface area contributed by atoms with E-state index in [4.69, 9.17) is 14.5 Å². The number of benzene rings is 1. The maximum absolute atomic E-state index is 12.3. The molecule has 1 aromatic rings. The minimum Gasteiger partial charge on any atom is -0.497 e. The van der Waals surface area contributed by atoms with Crippen LogP contribution in [-0.4, -0.2) is 93.8 Å². The number of methoxy groups -OCH3 is 1. The van der Waals surface area contributed by atoms with Crippen molar-refractivity contribution in [2.75, 3.05) is 66.1 Å². The molecule has 0 aromatic heterocycles. The van der Waals surface area contributed by atoms with Crippen LogP contribution >= 0.6 is 24.0 Å². The normalized spacial score (nSPS) is 19.9. The van der Waals surface area contributed by atoms with Crippen LogP contribution in [0.1, 0.15) is 23.7 Å². The van der Waals surface area contributed by atoms with Crippen LogP contribution in [0.15, 0.2) is 29.3 Å². The fraction of sp³-hybridized carbons (Fsp3) is 0.619. The Morgan fingerprint density at radius 2 is 2.07 bits per heavy atom. The van der Waals surface area contributed by atoms with E-state index in [1.54, 1.807) is 19.2 Å². The Morgan fingerprint density at radius 1 is 1.27 bits per heavy atom. The van der Waals surface area contributed by atoms with Crippen molar-refractivity contribution in [2.24, 2.45) is 4.99 Å². The molecular weight excluding hydrogens is 497 g/mol. The summed E-state index contributed by atoms with van der Waals surface area (Å²) in [5, 5.41) is 6.32. The van der Waals surface area contributed by atoms with Crippen molar-refractivity contribution < 1.29 is 14.3 Å². The fourth-order valence-corrected chi connectivity index (χ4v) is 3.80. The molecule has 9 heteroatoms. The summed E-state index contributed by atoms with van der Waals surface area (Å²) in [7, 11) is 1.59. The van der Waals surface area contributed by atoms with Gasteiger partial charge in [-0.1, -0.05) is 6.07 Å². The fourth-order valence-electron chi connectivity index (χ4n) is 3.80. The number of likely N-dealkylation sites (tertiary alicyclic amines) is 1. The summed E-state index contributed by atoms with van der Waals surface area (Å²) < 4.78 is 10.6. The van der Waals surface area contributed by atoms with Gasteiger partial charge in [0, 0.05) is 50.9 Å². The zero-order valence-corrected chi connectivity index (χ0v) is 20.3. The molecule has 0 saturated carbocycles. The Balaban J connectivity index is 0.00000320. The molecular formula is C21H34IN5O3. The number of morpholine rings is 1. The summed E-state index contributed by atoms with van der Waals surface area (Å²) in [6, 6.07) is 7.72. The van der Waals surface area contributed by atoms with E-state index in [0.29, 0.717) is 30.4 Å². The second-order valence-electron chi connectivity index (χ2n) is 7.26. The van der Waals surface area contributed by atoms with Crippen molar-refractivity contribution in [3.05, 3.63) is 29.8 Å². The average molecular weight is 531 g/mol. The van der Waals surface area contributed by atoms with Gasteiger partial charge in [0.2, 0.25) is 0 Å². The molecule has 2 aliphatic heterocycles. The van der Waals surface area contributed by atoms with E-state index in [-0.39, 0.29) is 29.9 Å². The second kappa shape index (κ2) is 13.0. The van der Waals surface area contributed by atoms with Gasteiger partial charge in [0.15, 0.2) is 5.96 Å². The van der Waals surface area contributed by atoms with E-state index in [0.717, 1.165) is 58.3 Å². The molecule has 1 unspecified atom stereocenters. The lowest BCUT2D eigenvalue weighted by Gasteiger charge is -2.32. The Morgan fingerprint density at radius 3 is 2.80 bits per heavy atom. The first-order valence-corrected chi connectivity index (χ1v) is 10.5. The molecule has 2 saturated heterocycles.